The number of rotatable bonds is 3. The number of fused-ring (bicyclic) bond motifs is 1. The van der Waals surface area contributed by atoms with Crippen LogP contribution in [0.15, 0.2) is 41.6 Å². The van der Waals surface area contributed by atoms with Crippen LogP contribution in [0, 0.1) is 12.3 Å². The molecule has 0 saturated heterocycles. The van der Waals surface area contributed by atoms with E-state index in [1.165, 1.54) is 18.5 Å². The van der Waals surface area contributed by atoms with Crippen molar-refractivity contribution in [3.05, 3.63) is 52.8 Å². The van der Waals surface area contributed by atoms with Gasteiger partial charge in [-0.2, -0.15) is 18.2 Å². The molecule has 0 spiro atoms. The van der Waals surface area contributed by atoms with Crippen LogP contribution in [-0.4, -0.2) is 26.1 Å². The van der Waals surface area contributed by atoms with Crippen molar-refractivity contribution < 1.29 is 13.2 Å². The molecule has 1 N–H and O–H groups in total. The maximum atomic E-state index is 13.1. The number of halogens is 3. The van der Waals surface area contributed by atoms with Crippen LogP contribution in [0.3, 0.4) is 0 Å². The van der Waals surface area contributed by atoms with E-state index in [9.17, 15) is 18.0 Å². The number of hydrogen-bond acceptors (Lipinski definition) is 5. The first-order valence-corrected chi connectivity index (χ1v) is 6.99. The number of alkyl halides is 3. The lowest BCUT2D eigenvalue weighted by molar-refractivity contribution is -0.137. The van der Waals surface area contributed by atoms with Crippen LogP contribution >= 0.6 is 0 Å². The van der Waals surface area contributed by atoms with E-state index < -0.39 is 17.4 Å². The van der Waals surface area contributed by atoms with Crippen LogP contribution < -0.4 is 11.0 Å². The molecule has 3 rings (SSSR count). The van der Waals surface area contributed by atoms with Gasteiger partial charge in [0.1, 0.15) is 5.52 Å². The second kappa shape index (κ2) is 6.24. The fourth-order valence-corrected chi connectivity index (χ4v) is 2.26. The standard InChI is InChI=1S/C16H10F3N5O/c1-2-5-21-14-13-12(7-10(8-22-13)16(17,18)19)24(15(25)23-14)11-4-3-6-20-9-11/h1,3-4,6-9H,5H2,(H,21,23,25). The highest BCUT2D eigenvalue weighted by molar-refractivity contribution is 5.86. The summed E-state index contributed by atoms with van der Waals surface area (Å²) in [4.78, 5) is 24.0. The summed E-state index contributed by atoms with van der Waals surface area (Å²) < 4.78 is 40.2. The quantitative estimate of drug-likeness (QED) is 0.737. The highest BCUT2D eigenvalue weighted by atomic mass is 19.4. The molecular weight excluding hydrogens is 335 g/mol. The zero-order chi connectivity index (χ0) is 18.0. The van der Waals surface area contributed by atoms with Crippen molar-refractivity contribution in [2.75, 3.05) is 11.9 Å². The minimum atomic E-state index is -4.60. The Morgan fingerprint density at radius 2 is 2.12 bits per heavy atom. The maximum absolute atomic E-state index is 13.1. The SMILES string of the molecule is C#CCNc1nc(=O)n(-c2cccnc2)c2cc(C(F)(F)F)cnc12. The molecule has 0 atom stereocenters. The maximum Gasteiger partial charge on any atom is 0.417 e. The van der Waals surface area contributed by atoms with Crippen LogP contribution in [0.2, 0.25) is 0 Å². The summed E-state index contributed by atoms with van der Waals surface area (Å²) in [5.74, 6) is 2.32. The zero-order valence-corrected chi connectivity index (χ0v) is 12.6. The van der Waals surface area contributed by atoms with Crippen molar-refractivity contribution in [1.29, 1.82) is 0 Å². The van der Waals surface area contributed by atoms with E-state index in [1.54, 1.807) is 6.07 Å². The molecule has 0 radical (unpaired) electrons. The third kappa shape index (κ3) is 3.14. The van der Waals surface area contributed by atoms with Crippen LogP contribution in [0.1, 0.15) is 5.56 Å². The largest absolute Gasteiger partial charge is 0.417 e. The highest BCUT2D eigenvalue weighted by Gasteiger charge is 2.32. The molecule has 25 heavy (non-hydrogen) atoms. The molecule has 9 heteroatoms. The lowest BCUT2D eigenvalue weighted by atomic mass is 10.2. The summed E-state index contributed by atoms with van der Waals surface area (Å²) in [6.07, 6.45) is 4.06. The van der Waals surface area contributed by atoms with Crippen molar-refractivity contribution in [1.82, 2.24) is 19.5 Å². The van der Waals surface area contributed by atoms with Gasteiger partial charge in [-0.3, -0.25) is 14.5 Å². The Labute approximate surface area is 139 Å². The van der Waals surface area contributed by atoms with E-state index in [2.05, 4.69) is 26.2 Å². The van der Waals surface area contributed by atoms with Crippen molar-refractivity contribution in [2.24, 2.45) is 0 Å². The second-order valence-electron chi connectivity index (χ2n) is 4.94. The van der Waals surface area contributed by atoms with E-state index in [1.807, 2.05) is 0 Å². The average molecular weight is 345 g/mol. The summed E-state index contributed by atoms with van der Waals surface area (Å²) in [6, 6.07) is 3.93. The molecule has 0 saturated carbocycles. The van der Waals surface area contributed by atoms with Crippen molar-refractivity contribution in [3.8, 4) is 18.0 Å². The molecule has 0 aliphatic carbocycles. The van der Waals surface area contributed by atoms with E-state index in [-0.39, 0.29) is 29.1 Å². The Morgan fingerprint density at radius 1 is 1.32 bits per heavy atom. The first kappa shape index (κ1) is 16.4. The Morgan fingerprint density at radius 3 is 2.76 bits per heavy atom. The van der Waals surface area contributed by atoms with Crippen molar-refractivity contribution in [3.63, 3.8) is 0 Å². The molecule has 3 aromatic rings. The fraction of sp³-hybridized carbons (Fsp3) is 0.125. The highest BCUT2D eigenvalue weighted by Crippen LogP contribution is 2.31. The van der Waals surface area contributed by atoms with Gasteiger partial charge in [-0.05, 0) is 18.2 Å². The lowest BCUT2D eigenvalue weighted by Gasteiger charge is -2.14. The van der Waals surface area contributed by atoms with E-state index in [0.29, 0.717) is 6.20 Å². The number of nitrogens with one attached hydrogen (secondary N) is 1. The molecule has 0 fully saturated rings. The second-order valence-corrected chi connectivity index (χ2v) is 4.94. The minimum absolute atomic E-state index is 0.0202. The van der Waals surface area contributed by atoms with Gasteiger partial charge in [-0.1, -0.05) is 5.92 Å². The molecule has 0 aliphatic heterocycles. The number of aromatic nitrogens is 4. The fourth-order valence-electron chi connectivity index (χ4n) is 2.26. The van der Waals surface area contributed by atoms with Crippen molar-refractivity contribution >= 4 is 16.9 Å². The molecule has 3 heterocycles. The lowest BCUT2D eigenvalue weighted by Crippen LogP contribution is -2.24. The minimum Gasteiger partial charge on any atom is -0.357 e. The van der Waals surface area contributed by atoms with Gasteiger partial charge in [0.05, 0.1) is 29.5 Å². The van der Waals surface area contributed by atoms with Gasteiger partial charge in [-0.25, -0.2) is 4.79 Å². The van der Waals surface area contributed by atoms with Gasteiger partial charge in [-0.15, -0.1) is 6.42 Å². The summed E-state index contributed by atoms with van der Waals surface area (Å²) in [5, 5.41) is 2.70. The monoisotopic (exact) mass is 345 g/mol. The molecular formula is C16H10F3N5O. The number of pyridine rings is 2. The van der Waals surface area contributed by atoms with Gasteiger partial charge in [0.15, 0.2) is 5.82 Å². The number of nitrogens with zero attached hydrogens (tertiary/aromatic N) is 4. The van der Waals surface area contributed by atoms with Crippen molar-refractivity contribution in [2.45, 2.75) is 6.18 Å². The van der Waals surface area contributed by atoms with Gasteiger partial charge in [0.25, 0.3) is 0 Å². The number of anilines is 1. The predicted molar refractivity (Wildman–Crippen MR) is 85.3 cm³/mol. The molecule has 6 nitrogen and oxygen atoms in total. The summed E-state index contributed by atoms with van der Waals surface area (Å²) in [6.45, 7) is 0.0428. The molecule has 3 aromatic heterocycles. The molecule has 0 unspecified atom stereocenters. The van der Waals surface area contributed by atoms with E-state index in [0.717, 1.165) is 10.6 Å². The van der Waals surface area contributed by atoms with Gasteiger partial charge >= 0.3 is 11.9 Å². The summed E-state index contributed by atoms with van der Waals surface area (Å²) in [7, 11) is 0. The third-order valence-corrected chi connectivity index (χ3v) is 3.32. The van der Waals surface area contributed by atoms with Gasteiger partial charge in [0.2, 0.25) is 0 Å². The average Bonchev–Trinajstić information content (AvgIpc) is 2.59. The molecule has 0 aliphatic rings. The summed E-state index contributed by atoms with van der Waals surface area (Å²) in [5.41, 5.74) is -1.45. The Kier molecular flexibility index (Phi) is 4.10. The molecule has 0 bridgehead atoms. The zero-order valence-electron chi connectivity index (χ0n) is 12.6. The molecule has 126 valence electrons. The van der Waals surface area contributed by atoms with E-state index in [4.69, 9.17) is 6.42 Å². The van der Waals surface area contributed by atoms with Crippen LogP contribution in [0.25, 0.3) is 16.7 Å². The van der Waals surface area contributed by atoms with Crippen LogP contribution in [0.5, 0.6) is 0 Å². The number of terminal acetylenes is 1. The van der Waals surface area contributed by atoms with Crippen LogP contribution in [-0.2, 0) is 6.18 Å². The Bertz CT molecular complexity index is 1020. The number of hydrogen-bond donors (Lipinski definition) is 1. The predicted octanol–water partition coefficient (Wildman–Crippen LogP) is 2.24. The Hall–Kier alpha value is -3.41. The first-order valence-electron chi connectivity index (χ1n) is 6.99. The van der Waals surface area contributed by atoms with Gasteiger partial charge in [0, 0.05) is 12.4 Å². The normalized spacial score (nSPS) is 11.3. The summed E-state index contributed by atoms with van der Waals surface area (Å²) >= 11 is 0. The van der Waals surface area contributed by atoms with E-state index >= 15 is 0 Å². The topological polar surface area (TPSA) is 72.7 Å². The molecule has 0 aromatic carbocycles. The molecule has 0 amide bonds. The third-order valence-electron chi connectivity index (χ3n) is 3.32. The Balaban J connectivity index is 2.36. The van der Waals surface area contributed by atoms with Crippen LogP contribution in [0.4, 0.5) is 19.0 Å². The van der Waals surface area contributed by atoms with Gasteiger partial charge < -0.3 is 5.32 Å². The first-order chi connectivity index (χ1) is 11.9. The smallest absolute Gasteiger partial charge is 0.357 e.